The van der Waals surface area contributed by atoms with Gasteiger partial charge in [-0.3, -0.25) is 9.67 Å². The van der Waals surface area contributed by atoms with Gasteiger partial charge in [0.2, 0.25) is 0 Å². The predicted octanol–water partition coefficient (Wildman–Crippen LogP) is 0.549. The predicted molar refractivity (Wildman–Crippen MR) is 92.7 cm³/mol. The Kier molecular flexibility index (Phi) is 6.85. The Labute approximate surface area is 139 Å². The lowest BCUT2D eigenvalue weighted by atomic mass is 9.88. The van der Waals surface area contributed by atoms with Crippen molar-refractivity contribution >= 4 is 5.96 Å². The van der Waals surface area contributed by atoms with Crippen molar-refractivity contribution < 1.29 is 4.74 Å². The summed E-state index contributed by atoms with van der Waals surface area (Å²) in [4.78, 5) is 6.63. The van der Waals surface area contributed by atoms with Crippen LogP contribution >= 0.6 is 0 Å². The highest BCUT2D eigenvalue weighted by atomic mass is 16.5. The SMILES string of the molecule is CN=C(NCCCn1cccn1)NCC1(N(C)C)CCOCC1. The van der Waals surface area contributed by atoms with Crippen molar-refractivity contribution in [1.29, 1.82) is 0 Å². The first-order chi connectivity index (χ1) is 11.2. The summed E-state index contributed by atoms with van der Waals surface area (Å²) in [6, 6.07) is 1.95. The molecule has 0 aliphatic carbocycles. The molecule has 0 unspecified atom stereocenters. The fraction of sp³-hybridized carbons (Fsp3) is 0.750. The summed E-state index contributed by atoms with van der Waals surface area (Å²) in [5.74, 6) is 0.859. The van der Waals surface area contributed by atoms with E-state index in [-0.39, 0.29) is 5.54 Å². The molecule has 0 amide bonds. The molecule has 2 heterocycles. The van der Waals surface area contributed by atoms with Crippen molar-refractivity contribution in [3.63, 3.8) is 0 Å². The summed E-state index contributed by atoms with van der Waals surface area (Å²) in [7, 11) is 6.11. The molecule has 7 heteroatoms. The molecular formula is C16H30N6O. The van der Waals surface area contributed by atoms with Gasteiger partial charge >= 0.3 is 0 Å². The Morgan fingerprint density at radius 1 is 1.35 bits per heavy atom. The van der Waals surface area contributed by atoms with Gasteiger partial charge in [-0.05, 0) is 39.4 Å². The number of hydrogen-bond donors (Lipinski definition) is 2. The van der Waals surface area contributed by atoms with E-state index in [1.807, 2.05) is 30.2 Å². The minimum atomic E-state index is 0.144. The maximum absolute atomic E-state index is 5.51. The van der Waals surface area contributed by atoms with Crippen LogP contribution in [0.1, 0.15) is 19.3 Å². The van der Waals surface area contributed by atoms with Crippen LogP contribution in [0.5, 0.6) is 0 Å². The number of hydrogen-bond acceptors (Lipinski definition) is 4. The largest absolute Gasteiger partial charge is 0.381 e. The zero-order valence-corrected chi connectivity index (χ0v) is 14.6. The lowest BCUT2D eigenvalue weighted by molar-refractivity contribution is -0.00501. The number of guanidine groups is 1. The highest BCUT2D eigenvalue weighted by Gasteiger charge is 2.34. The van der Waals surface area contributed by atoms with Crippen LogP contribution in [0.4, 0.5) is 0 Å². The third-order valence-corrected chi connectivity index (χ3v) is 4.60. The second-order valence-corrected chi connectivity index (χ2v) is 6.21. The fourth-order valence-electron chi connectivity index (χ4n) is 2.88. The first kappa shape index (κ1) is 17.7. The quantitative estimate of drug-likeness (QED) is 0.436. The lowest BCUT2D eigenvalue weighted by Crippen LogP contribution is -2.57. The average Bonchev–Trinajstić information content (AvgIpc) is 3.08. The zero-order chi connectivity index (χ0) is 16.5. The van der Waals surface area contributed by atoms with E-state index in [2.05, 4.69) is 39.7 Å². The molecule has 0 spiro atoms. The van der Waals surface area contributed by atoms with Crippen LogP contribution < -0.4 is 10.6 Å². The minimum Gasteiger partial charge on any atom is -0.381 e. The van der Waals surface area contributed by atoms with Crippen LogP contribution in [0.15, 0.2) is 23.5 Å². The molecule has 0 atom stereocenters. The summed E-state index contributed by atoms with van der Waals surface area (Å²) in [6.07, 6.45) is 6.89. The highest BCUT2D eigenvalue weighted by molar-refractivity contribution is 5.79. The third kappa shape index (κ3) is 5.21. The molecule has 1 fully saturated rings. The molecule has 0 bridgehead atoms. The number of rotatable bonds is 7. The molecule has 0 aromatic carbocycles. The van der Waals surface area contributed by atoms with Crippen molar-refractivity contribution in [2.24, 2.45) is 4.99 Å². The van der Waals surface area contributed by atoms with Crippen LogP contribution in [0, 0.1) is 0 Å². The molecular weight excluding hydrogens is 292 g/mol. The number of ether oxygens (including phenoxy) is 1. The van der Waals surface area contributed by atoms with Gasteiger partial charge in [0.05, 0.1) is 0 Å². The van der Waals surface area contributed by atoms with Crippen LogP contribution in [-0.2, 0) is 11.3 Å². The van der Waals surface area contributed by atoms with Crippen molar-refractivity contribution in [2.75, 3.05) is 47.4 Å². The minimum absolute atomic E-state index is 0.144. The summed E-state index contributed by atoms with van der Waals surface area (Å²) < 4.78 is 7.46. The normalized spacial score (nSPS) is 18.2. The second kappa shape index (κ2) is 8.88. The zero-order valence-electron chi connectivity index (χ0n) is 14.6. The van der Waals surface area contributed by atoms with E-state index in [1.165, 1.54) is 0 Å². The molecule has 1 saturated heterocycles. The van der Waals surface area contributed by atoms with E-state index in [4.69, 9.17) is 4.74 Å². The van der Waals surface area contributed by atoms with Gasteiger partial charge in [-0.15, -0.1) is 0 Å². The molecule has 23 heavy (non-hydrogen) atoms. The maximum Gasteiger partial charge on any atom is 0.191 e. The number of aliphatic imine (C=N–C) groups is 1. The molecule has 0 saturated carbocycles. The highest BCUT2D eigenvalue weighted by Crippen LogP contribution is 2.24. The summed E-state index contributed by atoms with van der Waals surface area (Å²) in [6.45, 7) is 4.32. The Hall–Kier alpha value is -1.60. The molecule has 1 aromatic rings. The smallest absolute Gasteiger partial charge is 0.191 e. The van der Waals surface area contributed by atoms with Crippen molar-refractivity contribution in [3.8, 4) is 0 Å². The molecule has 0 radical (unpaired) electrons. The summed E-state index contributed by atoms with van der Waals surface area (Å²) in [5.41, 5.74) is 0.144. The molecule has 2 rings (SSSR count). The number of likely N-dealkylation sites (N-methyl/N-ethyl adjacent to an activating group) is 1. The van der Waals surface area contributed by atoms with Gasteiger partial charge in [-0.25, -0.2) is 0 Å². The molecule has 1 aliphatic rings. The molecule has 130 valence electrons. The van der Waals surface area contributed by atoms with Crippen molar-refractivity contribution in [1.82, 2.24) is 25.3 Å². The standard InChI is InChI=1S/C16H30N6O/c1-17-15(18-8-4-10-22-11-5-9-20-22)19-14-16(21(2)3)6-12-23-13-7-16/h5,9,11H,4,6-8,10,12-14H2,1-3H3,(H2,17,18,19). The Morgan fingerprint density at radius 2 is 2.13 bits per heavy atom. The lowest BCUT2D eigenvalue weighted by Gasteiger charge is -2.43. The maximum atomic E-state index is 5.51. The summed E-state index contributed by atoms with van der Waals surface area (Å²) in [5, 5.41) is 11.1. The van der Waals surface area contributed by atoms with Gasteiger partial charge in [-0.1, -0.05) is 0 Å². The van der Waals surface area contributed by atoms with E-state index in [9.17, 15) is 0 Å². The third-order valence-electron chi connectivity index (χ3n) is 4.60. The second-order valence-electron chi connectivity index (χ2n) is 6.21. The summed E-state index contributed by atoms with van der Waals surface area (Å²) >= 11 is 0. The van der Waals surface area contributed by atoms with Crippen molar-refractivity contribution in [2.45, 2.75) is 31.3 Å². The van der Waals surface area contributed by atoms with Crippen LogP contribution in [0.25, 0.3) is 0 Å². The van der Waals surface area contributed by atoms with E-state index in [1.54, 1.807) is 0 Å². The van der Waals surface area contributed by atoms with Crippen LogP contribution in [-0.4, -0.2) is 73.6 Å². The molecule has 2 N–H and O–H groups in total. The fourth-order valence-corrected chi connectivity index (χ4v) is 2.88. The topological polar surface area (TPSA) is 66.7 Å². The Balaban J connectivity index is 1.73. The first-order valence-electron chi connectivity index (χ1n) is 8.33. The van der Waals surface area contributed by atoms with Gasteiger partial charge in [-0.2, -0.15) is 5.10 Å². The van der Waals surface area contributed by atoms with Gasteiger partial charge in [0.1, 0.15) is 0 Å². The van der Waals surface area contributed by atoms with E-state index < -0.39 is 0 Å². The van der Waals surface area contributed by atoms with Gasteiger partial charge in [0, 0.05) is 57.8 Å². The molecule has 7 nitrogen and oxygen atoms in total. The van der Waals surface area contributed by atoms with Crippen molar-refractivity contribution in [3.05, 3.63) is 18.5 Å². The van der Waals surface area contributed by atoms with E-state index in [0.29, 0.717) is 0 Å². The van der Waals surface area contributed by atoms with Gasteiger partial charge in [0.25, 0.3) is 0 Å². The number of aryl methyl sites for hydroxylation is 1. The Bertz CT molecular complexity index is 465. The van der Waals surface area contributed by atoms with E-state index in [0.717, 1.165) is 58.1 Å². The van der Waals surface area contributed by atoms with Crippen LogP contribution in [0.2, 0.25) is 0 Å². The monoisotopic (exact) mass is 322 g/mol. The van der Waals surface area contributed by atoms with Crippen LogP contribution in [0.3, 0.4) is 0 Å². The number of nitrogens with zero attached hydrogens (tertiary/aromatic N) is 4. The first-order valence-corrected chi connectivity index (χ1v) is 8.33. The van der Waals surface area contributed by atoms with Gasteiger partial charge < -0.3 is 20.3 Å². The number of nitrogens with one attached hydrogen (secondary N) is 2. The van der Waals surface area contributed by atoms with E-state index >= 15 is 0 Å². The Morgan fingerprint density at radius 3 is 2.74 bits per heavy atom. The molecule has 1 aromatic heterocycles. The molecule has 1 aliphatic heterocycles. The average molecular weight is 322 g/mol. The van der Waals surface area contributed by atoms with Gasteiger partial charge in [0.15, 0.2) is 5.96 Å². The number of aromatic nitrogens is 2.